The molecular weight excluding hydrogens is 358 g/mol. The molecule has 1 saturated heterocycles. The van der Waals surface area contributed by atoms with E-state index in [0.29, 0.717) is 19.0 Å². The molecule has 3 heterocycles. The van der Waals surface area contributed by atoms with Crippen molar-refractivity contribution in [1.82, 2.24) is 14.9 Å². The summed E-state index contributed by atoms with van der Waals surface area (Å²) >= 11 is 0. The fourth-order valence-electron chi connectivity index (χ4n) is 3.30. The second kappa shape index (κ2) is 7.95. The average molecular weight is 383 g/mol. The minimum atomic E-state index is -0.652. The van der Waals surface area contributed by atoms with Gasteiger partial charge in [-0.05, 0) is 19.1 Å². The third-order valence-corrected chi connectivity index (χ3v) is 4.89. The minimum absolute atomic E-state index is 0.401. The van der Waals surface area contributed by atoms with Crippen molar-refractivity contribution in [3.05, 3.63) is 40.7 Å². The van der Waals surface area contributed by atoms with E-state index in [9.17, 15) is 4.79 Å². The fraction of sp³-hybridized carbons (Fsp3) is 0.350. The van der Waals surface area contributed by atoms with Gasteiger partial charge in [-0.15, -0.1) is 0 Å². The number of aliphatic imine (C=N–C) groups is 1. The van der Waals surface area contributed by atoms with E-state index in [4.69, 9.17) is 20.2 Å². The van der Waals surface area contributed by atoms with Crippen LogP contribution in [0, 0.1) is 0 Å². The number of rotatable bonds is 4. The minimum Gasteiger partial charge on any atom is -0.378 e. The number of carbonyl (C=O) groups excluding carboxylic acids is 1. The number of urea groups is 1. The number of methoxy groups -OCH3 is 1. The molecule has 0 saturated carbocycles. The molecule has 3 N–H and O–H groups in total. The van der Waals surface area contributed by atoms with Crippen molar-refractivity contribution in [2.45, 2.75) is 18.9 Å². The lowest BCUT2D eigenvalue weighted by Crippen LogP contribution is -2.33. The van der Waals surface area contributed by atoms with E-state index in [1.807, 2.05) is 36.0 Å². The molecule has 28 heavy (non-hydrogen) atoms. The third-order valence-electron chi connectivity index (χ3n) is 4.89. The molecule has 8 nitrogen and oxygen atoms in total. The van der Waals surface area contributed by atoms with Crippen LogP contribution in [0.25, 0.3) is 24.0 Å². The predicted molar refractivity (Wildman–Crippen MR) is 108 cm³/mol. The molecular formula is C20H25N5O3. The molecule has 0 radical (unpaired) electrons. The van der Waals surface area contributed by atoms with Crippen molar-refractivity contribution in [3.8, 4) is 11.3 Å². The van der Waals surface area contributed by atoms with Gasteiger partial charge in [-0.25, -0.2) is 14.8 Å². The summed E-state index contributed by atoms with van der Waals surface area (Å²) in [5.74, 6) is 0.401. The number of nitrogens with one attached hydrogen (secondary N) is 1. The monoisotopic (exact) mass is 383 g/mol. The number of hydrogen-bond donors (Lipinski definition) is 2. The van der Waals surface area contributed by atoms with Crippen molar-refractivity contribution in [3.63, 3.8) is 0 Å². The Morgan fingerprint density at radius 3 is 2.96 bits per heavy atom. The van der Waals surface area contributed by atoms with Gasteiger partial charge in [0.15, 0.2) is 0 Å². The van der Waals surface area contributed by atoms with Gasteiger partial charge in [0.25, 0.3) is 0 Å². The number of aromatic nitrogens is 2. The van der Waals surface area contributed by atoms with E-state index in [-0.39, 0.29) is 0 Å². The van der Waals surface area contributed by atoms with Gasteiger partial charge in [0.2, 0.25) is 0 Å². The average Bonchev–Trinajstić information content (AvgIpc) is 3.25. The molecule has 3 rings (SSSR count). The Balaban J connectivity index is 2.01. The number of hydrogen-bond acceptors (Lipinski definition) is 5. The molecule has 8 heteroatoms. The Morgan fingerprint density at radius 2 is 2.32 bits per heavy atom. The molecule has 2 aromatic heterocycles. The van der Waals surface area contributed by atoms with Gasteiger partial charge in [-0.2, -0.15) is 0 Å². The largest absolute Gasteiger partial charge is 0.378 e. The van der Waals surface area contributed by atoms with E-state index in [1.54, 1.807) is 20.2 Å². The van der Waals surface area contributed by atoms with Crippen molar-refractivity contribution in [1.29, 1.82) is 0 Å². The van der Waals surface area contributed by atoms with Crippen molar-refractivity contribution < 1.29 is 14.3 Å². The number of carbonyl (C=O) groups is 1. The van der Waals surface area contributed by atoms with Crippen LogP contribution in [-0.4, -0.2) is 41.7 Å². The number of nitrogens with two attached hydrogens (primary N) is 1. The number of ether oxygens (including phenoxy) is 2. The standard InChI is InChI=1S/C20H25N5O3/c1-13-15(11-25(3)17(13)10-22-14(2)23-19(21)26)16-6-5-7-18(24-16)20(27-4)8-9-28-12-20/h5-7,10-11H,1,8-9,12H2,2-4H3,(H3,21,22,23,26)/b17-10+/t20-/m0/s1. The van der Waals surface area contributed by atoms with Gasteiger partial charge in [0.05, 0.1) is 29.5 Å². The van der Waals surface area contributed by atoms with Gasteiger partial charge < -0.3 is 19.8 Å². The summed E-state index contributed by atoms with van der Waals surface area (Å²) in [4.78, 5) is 20.0. The lowest BCUT2D eigenvalue weighted by Gasteiger charge is -2.25. The lowest BCUT2D eigenvalue weighted by molar-refractivity contribution is -0.0245. The molecule has 0 unspecified atom stereocenters. The first-order valence-corrected chi connectivity index (χ1v) is 8.92. The Labute approximate surface area is 163 Å². The molecule has 1 aliphatic rings. The lowest BCUT2D eigenvalue weighted by atomic mass is 9.97. The van der Waals surface area contributed by atoms with Crippen LogP contribution in [0.15, 0.2) is 29.4 Å². The molecule has 2 aromatic rings. The number of amides is 2. The Hall–Kier alpha value is -2.97. The first-order chi connectivity index (χ1) is 13.4. The molecule has 1 atom stereocenters. The maximum atomic E-state index is 10.9. The molecule has 0 aromatic carbocycles. The summed E-state index contributed by atoms with van der Waals surface area (Å²) in [6.45, 7) is 7.00. The molecule has 1 aliphatic heterocycles. The molecule has 0 bridgehead atoms. The predicted octanol–water partition coefficient (Wildman–Crippen LogP) is 0.584. The van der Waals surface area contributed by atoms with E-state index in [1.165, 1.54) is 0 Å². The molecule has 148 valence electrons. The topological polar surface area (TPSA) is 104 Å². The Bertz CT molecular complexity index is 1020. The van der Waals surface area contributed by atoms with Crippen molar-refractivity contribution >= 4 is 24.6 Å². The summed E-state index contributed by atoms with van der Waals surface area (Å²) in [6.07, 6.45) is 4.37. The highest BCUT2D eigenvalue weighted by molar-refractivity contribution is 5.96. The molecule has 2 amide bonds. The molecule has 0 aliphatic carbocycles. The van der Waals surface area contributed by atoms with Gasteiger partial charge in [-0.1, -0.05) is 12.6 Å². The third kappa shape index (κ3) is 3.83. The second-order valence-electron chi connectivity index (χ2n) is 6.76. The van der Waals surface area contributed by atoms with Crippen LogP contribution in [-0.2, 0) is 22.1 Å². The molecule has 1 fully saturated rings. The smallest absolute Gasteiger partial charge is 0.317 e. The maximum Gasteiger partial charge on any atom is 0.317 e. The summed E-state index contributed by atoms with van der Waals surface area (Å²) in [6, 6.07) is 5.22. The van der Waals surface area contributed by atoms with Gasteiger partial charge >= 0.3 is 6.03 Å². The van der Waals surface area contributed by atoms with E-state index < -0.39 is 11.6 Å². The Kier molecular flexibility index (Phi) is 5.62. The fourth-order valence-corrected chi connectivity index (χ4v) is 3.30. The highest BCUT2D eigenvalue weighted by Gasteiger charge is 2.38. The highest BCUT2D eigenvalue weighted by Crippen LogP contribution is 2.33. The summed E-state index contributed by atoms with van der Waals surface area (Å²) < 4.78 is 13.2. The normalized spacial score (nSPS) is 20.5. The summed E-state index contributed by atoms with van der Waals surface area (Å²) in [7, 11) is 3.59. The van der Waals surface area contributed by atoms with Crippen LogP contribution in [0.5, 0.6) is 0 Å². The quantitative estimate of drug-likeness (QED) is 0.595. The number of aryl methyl sites for hydroxylation is 1. The van der Waals surface area contributed by atoms with Gasteiger partial charge in [0.1, 0.15) is 11.4 Å². The van der Waals surface area contributed by atoms with Crippen molar-refractivity contribution in [2.24, 2.45) is 17.8 Å². The van der Waals surface area contributed by atoms with Crippen LogP contribution in [0.2, 0.25) is 0 Å². The van der Waals surface area contributed by atoms with E-state index in [2.05, 4.69) is 16.9 Å². The first-order valence-electron chi connectivity index (χ1n) is 8.92. The van der Waals surface area contributed by atoms with Gasteiger partial charge in [-0.3, -0.25) is 5.32 Å². The van der Waals surface area contributed by atoms with Crippen LogP contribution < -0.4 is 21.6 Å². The zero-order chi connectivity index (χ0) is 20.3. The van der Waals surface area contributed by atoms with E-state index in [0.717, 1.165) is 33.9 Å². The van der Waals surface area contributed by atoms with Crippen LogP contribution in [0.3, 0.4) is 0 Å². The first kappa shape index (κ1) is 19.8. The second-order valence-corrected chi connectivity index (χ2v) is 6.76. The number of nitrogens with zero attached hydrogens (tertiary/aromatic N) is 3. The van der Waals surface area contributed by atoms with E-state index >= 15 is 0 Å². The Morgan fingerprint density at radius 1 is 1.54 bits per heavy atom. The summed E-state index contributed by atoms with van der Waals surface area (Å²) in [5, 5.41) is 4.02. The molecule has 0 spiro atoms. The van der Waals surface area contributed by atoms with Gasteiger partial charge in [0, 0.05) is 44.2 Å². The van der Waals surface area contributed by atoms with Crippen LogP contribution in [0.1, 0.15) is 19.0 Å². The summed E-state index contributed by atoms with van der Waals surface area (Å²) in [5.41, 5.74) is 7.14. The number of pyridine rings is 1. The zero-order valence-corrected chi connectivity index (χ0v) is 16.4. The zero-order valence-electron chi connectivity index (χ0n) is 16.4. The number of amidine groups is 1. The maximum absolute atomic E-state index is 10.9. The van der Waals surface area contributed by atoms with Crippen LogP contribution >= 0.6 is 0 Å². The highest BCUT2D eigenvalue weighted by atomic mass is 16.5. The van der Waals surface area contributed by atoms with Crippen molar-refractivity contribution in [2.75, 3.05) is 20.3 Å². The van der Waals surface area contributed by atoms with Crippen LogP contribution in [0.4, 0.5) is 4.79 Å². The SMILES string of the molecule is C=c1c(-c2cccc([C@]3(OC)CCOC3)n2)cn(C)/c1=C/N=C(C)NC(N)=O. The number of primary amides is 1.